The molecule has 3 N–H and O–H groups in total. The summed E-state index contributed by atoms with van der Waals surface area (Å²) in [5.74, 6) is 0.470. The fourth-order valence-corrected chi connectivity index (χ4v) is 2.55. The van der Waals surface area contributed by atoms with Crippen LogP contribution in [0.5, 0.6) is 5.75 Å². The van der Waals surface area contributed by atoms with E-state index in [4.69, 9.17) is 10.5 Å². The quantitative estimate of drug-likeness (QED) is 0.711. The fourth-order valence-electron chi connectivity index (χ4n) is 2.55. The maximum absolute atomic E-state index is 12.4. The Bertz CT molecular complexity index is 903. The molecule has 0 aliphatic rings. The molecule has 0 saturated carbocycles. The number of benzene rings is 1. The van der Waals surface area contributed by atoms with E-state index in [0.29, 0.717) is 30.2 Å². The van der Waals surface area contributed by atoms with Crippen LogP contribution in [0.1, 0.15) is 16.1 Å². The number of hydrogen-bond donors (Lipinski definition) is 2. The third-order valence-corrected chi connectivity index (χ3v) is 3.88. The van der Waals surface area contributed by atoms with Crippen molar-refractivity contribution in [3.63, 3.8) is 0 Å². The number of nitrogens with one attached hydrogen (secondary N) is 1. The zero-order valence-corrected chi connectivity index (χ0v) is 14.8. The number of aromatic nitrogens is 3. The first-order valence-electron chi connectivity index (χ1n) is 8.28. The van der Waals surface area contributed by atoms with Crippen LogP contribution in [-0.2, 0) is 7.05 Å². The van der Waals surface area contributed by atoms with Gasteiger partial charge < -0.3 is 15.8 Å². The number of hydrogen-bond acceptors (Lipinski definition) is 5. The van der Waals surface area contributed by atoms with Crippen molar-refractivity contribution in [3.8, 4) is 17.0 Å². The van der Waals surface area contributed by atoms with E-state index in [2.05, 4.69) is 15.4 Å². The topological polar surface area (TPSA) is 95.1 Å². The Hall–Kier alpha value is -3.19. The van der Waals surface area contributed by atoms with Crippen molar-refractivity contribution in [2.45, 2.75) is 6.92 Å². The normalized spacial score (nSPS) is 10.6. The molecule has 3 aromatic rings. The summed E-state index contributed by atoms with van der Waals surface area (Å²) in [7, 11) is 1.85. The van der Waals surface area contributed by atoms with Gasteiger partial charge in [-0.25, -0.2) is 0 Å². The number of amides is 1. The lowest BCUT2D eigenvalue weighted by Crippen LogP contribution is -2.13. The Morgan fingerprint density at radius 3 is 2.77 bits per heavy atom. The van der Waals surface area contributed by atoms with Crippen molar-refractivity contribution < 1.29 is 9.53 Å². The molecule has 0 bridgehead atoms. The Morgan fingerprint density at radius 2 is 2.12 bits per heavy atom. The summed E-state index contributed by atoms with van der Waals surface area (Å²) in [6.07, 6.45) is 3.27. The van der Waals surface area contributed by atoms with Crippen molar-refractivity contribution in [2.24, 2.45) is 12.8 Å². The number of nitrogens with two attached hydrogens (primary N) is 1. The summed E-state index contributed by atoms with van der Waals surface area (Å²) < 4.78 is 7.48. The first-order chi connectivity index (χ1) is 12.6. The molecule has 0 fully saturated rings. The maximum Gasteiger partial charge on any atom is 0.257 e. The second-order valence-electron chi connectivity index (χ2n) is 5.83. The van der Waals surface area contributed by atoms with E-state index in [0.717, 1.165) is 17.0 Å². The highest BCUT2D eigenvalue weighted by Gasteiger charge is 2.13. The number of nitrogens with zero attached hydrogens (tertiary/aromatic N) is 3. The average molecular weight is 351 g/mol. The predicted molar refractivity (Wildman–Crippen MR) is 100 cm³/mol. The molecule has 3 rings (SSSR count). The molecule has 134 valence electrons. The van der Waals surface area contributed by atoms with Crippen molar-refractivity contribution in [2.75, 3.05) is 18.5 Å². The second kappa shape index (κ2) is 7.79. The molecule has 2 heterocycles. The minimum atomic E-state index is -0.218. The van der Waals surface area contributed by atoms with E-state index in [9.17, 15) is 4.79 Å². The molecule has 1 aromatic carbocycles. The minimum absolute atomic E-state index is 0.218. The number of carbonyl (C=O) groups is 1. The molecule has 26 heavy (non-hydrogen) atoms. The van der Waals surface area contributed by atoms with Crippen molar-refractivity contribution in [1.82, 2.24) is 14.8 Å². The minimum Gasteiger partial charge on any atom is -0.492 e. The Labute approximate surface area is 151 Å². The van der Waals surface area contributed by atoms with Gasteiger partial charge in [0, 0.05) is 42.9 Å². The van der Waals surface area contributed by atoms with Crippen LogP contribution in [0.15, 0.2) is 48.8 Å². The van der Waals surface area contributed by atoms with Gasteiger partial charge in [0.1, 0.15) is 12.4 Å². The molecule has 1 amide bonds. The number of carbonyl (C=O) groups excluding carboxylic acids is 1. The van der Waals surface area contributed by atoms with Crippen LogP contribution in [0.25, 0.3) is 11.3 Å². The highest BCUT2D eigenvalue weighted by atomic mass is 16.5. The van der Waals surface area contributed by atoms with E-state index in [1.807, 2.05) is 32.2 Å². The third kappa shape index (κ3) is 3.89. The number of aryl methyl sites for hydroxylation is 2. The van der Waals surface area contributed by atoms with Gasteiger partial charge >= 0.3 is 0 Å². The number of ether oxygens (including phenoxy) is 1. The average Bonchev–Trinajstić information content (AvgIpc) is 3.07. The molecule has 0 atom stereocenters. The Kier molecular flexibility index (Phi) is 5.28. The summed E-state index contributed by atoms with van der Waals surface area (Å²) in [4.78, 5) is 16.6. The van der Waals surface area contributed by atoms with Gasteiger partial charge in [0.05, 0.1) is 11.3 Å². The van der Waals surface area contributed by atoms with Gasteiger partial charge in [0.15, 0.2) is 0 Å². The van der Waals surface area contributed by atoms with Crippen LogP contribution >= 0.6 is 0 Å². The molecule has 7 nitrogen and oxygen atoms in total. The van der Waals surface area contributed by atoms with E-state index in [-0.39, 0.29) is 5.91 Å². The lowest BCUT2D eigenvalue weighted by molar-refractivity contribution is 0.102. The van der Waals surface area contributed by atoms with Crippen LogP contribution in [0.4, 0.5) is 5.69 Å². The first kappa shape index (κ1) is 17.6. The monoisotopic (exact) mass is 351 g/mol. The maximum atomic E-state index is 12.4. The van der Waals surface area contributed by atoms with Gasteiger partial charge in [0.25, 0.3) is 5.91 Å². The molecule has 0 unspecified atom stereocenters. The van der Waals surface area contributed by atoms with Crippen molar-refractivity contribution in [1.29, 1.82) is 0 Å². The summed E-state index contributed by atoms with van der Waals surface area (Å²) in [5, 5.41) is 7.10. The fraction of sp³-hybridized carbons (Fsp3) is 0.211. The number of pyridine rings is 1. The lowest BCUT2D eigenvalue weighted by atomic mass is 10.1. The summed E-state index contributed by atoms with van der Waals surface area (Å²) in [6, 6.07) is 10.9. The Morgan fingerprint density at radius 1 is 1.27 bits per heavy atom. The summed E-state index contributed by atoms with van der Waals surface area (Å²) in [5.41, 5.74) is 9.27. The number of anilines is 1. The molecule has 7 heteroatoms. The second-order valence-corrected chi connectivity index (χ2v) is 5.83. The van der Waals surface area contributed by atoms with Gasteiger partial charge in [-0.15, -0.1) is 0 Å². The van der Waals surface area contributed by atoms with E-state index in [1.165, 1.54) is 0 Å². The van der Waals surface area contributed by atoms with Gasteiger partial charge in [-0.05, 0) is 43.3 Å². The van der Waals surface area contributed by atoms with E-state index < -0.39 is 0 Å². The highest BCUT2D eigenvalue weighted by Crippen LogP contribution is 2.32. The highest BCUT2D eigenvalue weighted by molar-refractivity contribution is 6.04. The SMILES string of the molecule is Cc1ccc(C(=O)Nc2ccc(OCCN)c(-c3ccnn3C)c2)cn1. The molecule has 0 spiro atoms. The molecule has 0 aliphatic carbocycles. The van der Waals surface area contributed by atoms with Gasteiger partial charge in [-0.3, -0.25) is 14.5 Å². The van der Waals surface area contributed by atoms with E-state index >= 15 is 0 Å². The first-order valence-corrected chi connectivity index (χ1v) is 8.28. The van der Waals surface area contributed by atoms with Crippen LogP contribution in [0, 0.1) is 6.92 Å². The van der Waals surface area contributed by atoms with Crippen molar-refractivity contribution >= 4 is 11.6 Å². The smallest absolute Gasteiger partial charge is 0.257 e. The summed E-state index contributed by atoms with van der Waals surface area (Å²) >= 11 is 0. The van der Waals surface area contributed by atoms with Crippen LogP contribution in [-0.4, -0.2) is 33.8 Å². The zero-order valence-electron chi connectivity index (χ0n) is 14.8. The molecule has 2 aromatic heterocycles. The van der Waals surface area contributed by atoms with Crippen LogP contribution < -0.4 is 15.8 Å². The molecule has 0 radical (unpaired) electrons. The van der Waals surface area contributed by atoms with Crippen LogP contribution in [0.3, 0.4) is 0 Å². The van der Waals surface area contributed by atoms with E-state index in [1.54, 1.807) is 35.3 Å². The van der Waals surface area contributed by atoms with Crippen molar-refractivity contribution in [3.05, 3.63) is 60.0 Å². The predicted octanol–water partition coefficient (Wildman–Crippen LogP) is 2.38. The zero-order chi connectivity index (χ0) is 18.5. The third-order valence-electron chi connectivity index (χ3n) is 3.88. The molecular weight excluding hydrogens is 330 g/mol. The Balaban J connectivity index is 1.89. The lowest BCUT2D eigenvalue weighted by Gasteiger charge is -2.14. The number of rotatable bonds is 6. The molecule has 0 aliphatic heterocycles. The molecule has 0 saturated heterocycles. The van der Waals surface area contributed by atoms with Gasteiger partial charge in [-0.1, -0.05) is 0 Å². The van der Waals surface area contributed by atoms with Gasteiger partial charge in [-0.2, -0.15) is 5.10 Å². The standard InChI is InChI=1S/C19H21N5O2/c1-13-3-4-14(12-21-13)19(25)23-15-5-6-18(26-10-8-20)16(11-15)17-7-9-22-24(17)2/h3-7,9,11-12H,8,10,20H2,1-2H3,(H,23,25). The van der Waals surface area contributed by atoms with Gasteiger partial charge in [0.2, 0.25) is 0 Å². The molecular formula is C19H21N5O2. The van der Waals surface area contributed by atoms with Crippen LogP contribution in [0.2, 0.25) is 0 Å². The largest absolute Gasteiger partial charge is 0.492 e. The summed E-state index contributed by atoms with van der Waals surface area (Å²) in [6.45, 7) is 2.71.